The second-order valence-electron chi connectivity index (χ2n) is 5.46. The van der Waals surface area contributed by atoms with Gasteiger partial charge in [0.15, 0.2) is 5.96 Å². The monoisotopic (exact) mass is 454 g/mol. The van der Waals surface area contributed by atoms with Crippen molar-refractivity contribution in [2.45, 2.75) is 38.3 Å². The highest BCUT2D eigenvalue weighted by Crippen LogP contribution is 2.11. The lowest BCUT2D eigenvalue weighted by Crippen LogP contribution is -2.43. The van der Waals surface area contributed by atoms with Gasteiger partial charge in [-0.05, 0) is 37.6 Å². The molecule has 0 spiro atoms. The number of nitrogens with zero attached hydrogens (tertiary/aromatic N) is 1. The fraction of sp³-hybridized carbons (Fsp3) is 0.533. The van der Waals surface area contributed by atoms with Crippen LogP contribution in [-0.4, -0.2) is 34.5 Å². The van der Waals surface area contributed by atoms with Gasteiger partial charge in [0.25, 0.3) is 0 Å². The van der Waals surface area contributed by atoms with Gasteiger partial charge in [-0.15, -0.1) is 24.0 Å². The highest BCUT2D eigenvalue weighted by molar-refractivity contribution is 14.0. The lowest BCUT2D eigenvalue weighted by molar-refractivity contribution is 0.481. The number of aliphatic imine (C=N–C) groups is 1. The number of halogens is 1. The first-order chi connectivity index (χ1) is 10.3. The average Bonchev–Trinajstić information content (AvgIpc) is 2.51. The molecule has 1 unspecified atom stereocenters. The first-order valence-corrected chi connectivity index (χ1v) is 8.78. The minimum Gasteiger partial charge on any atom is -0.354 e. The van der Waals surface area contributed by atoms with E-state index in [-0.39, 0.29) is 28.9 Å². The molecule has 0 aromatic heterocycles. The fourth-order valence-corrected chi connectivity index (χ4v) is 2.50. The summed E-state index contributed by atoms with van der Waals surface area (Å²) in [6.07, 6.45) is 0. The van der Waals surface area contributed by atoms with Crippen molar-refractivity contribution in [3.8, 4) is 0 Å². The Morgan fingerprint density at radius 2 is 1.91 bits per heavy atom. The second kappa shape index (κ2) is 10.1. The minimum atomic E-state index is -3.42. The molecule has 1 rings (SSSR count). The summed E-state index contributed by atoms with van der Waals surface area (Å²) in [4.78, 5) is 4.43. The van der Waals surface area contributed by atoms with E-state index in [1.165, 1.54) is 7.05 Å². The Hall–Kier alpha value is -0.870. The van der Waals surface area contributed by atoms with Crippen molar-refractivity contribution in [2.24, 2.45) is 10.9 Å². The second-order valence-corrected chi connectivity index (χ2v) is 7.34. The number of benzene rings is 1. The molecule has 0 bridgehead atoms. The summed E-state index contributed by atoms with van der Waals surface area (Å²) in [6.45, 7) is 6.86. The normalized spacial score (nSPS) is 13.4. The summed E-state index contributed by atoms with van der Waals surface area (Å²) in [6, 6.07) is 7.12. The van der Waals surface area contributed by atoms with Gasteiger partial charge < -0.3 is 10.6 Å². The predicted molar refractivity (Wildman–Crippen MR) is 106 cm³/mol. The quantitative estimate of drug-likeness (QED) is 0.349. The summed E-state index contributed by atoms with van der Waals surface area (Å²) in [5.74, 6) is 1.19. The molecule has 0 amide bonds. The molecule has 6 nitrogen and oxygen atoms in total. The molecule has 1 aromatic rings. The van der Waals surface area contributed by atoms with E-state index in [2.05, 4.69) is 41.1 Å². The molecule has 0 aliphatic heterocycles. The number of hydrogen-bond acceptors (Lipinski definition) is 3. The van der Waals surface area contributed by atoms with Gasteiger partial charge in [-0.3, -0.25) is 4.99 Å². The zero-order valence-corrected chi connectivity index (χ0v) is 17.4. The Kier molecular flexibility index (Phi) is 9.71. The number of rotatable bonds is 6. The van der Waals surface area contributed by atoms with E-state index in [9.17, 15) is 8.42 Å². The van der Waals surface area contributed by atoms with Gasteiger partial charge >= 0.3 is 0 Å². The molecule has 3 N–H and O–H groups in total. The Labute approximate surface area is 156 Å². The van der Waals surface area contributed by atoms with Crippen molar-refractivity contribution in [3.05, 3.63) is 29.8 Å². The Bertz CT molecular complexity index is 618. The molecule has 132 valence electrons. The molecule has 1 aromatic carbocycles. The Morgan fingerprint density at radius 1 is 1.26 bits per heavy atom. The van der Waals surface area contributed by atoms with Crippen LogP contribution in [0.25, 0.3) is 0 Å². The molecule has 0 saturated carbocycles. The lowest BCUT2D eigenvalue weighted by Gasteiger charge is -2.20. The van der Waals surface area contributed by atoms with Crippen LogP contribution in [0.1, 0.15) is 26.3 Å². The number of sulfonamides is 1. The average molecular weight is 454 g/mol. The third-order valence-corrected chi connectivity index (χ3v) is 4.94. The summed E-state index contributed by atoms with van der Waals surface area (Å²) in [5, 5.41) is 6.49. The molecular formula is C15H27IN4O2S. The van der Waals surface area contributed by atoms with Crippen LogP contribution in [0.4, 0.5) is 0 Å². The van der Waals surface area contributed by atoms with Gasteiger partial charge in [0.2, 0.25) is 10.0 Å². The number of nitrogens with one attached hydrogen (secondary N) is 3. The van der Waals surface area contributed by atoms with Crippen molar-refractivity contribution in [1.29, 1.82) is 0 Å². The Morgan fingerprint density at radius 3 is 2.43 bits per heavy atom. The molecule has 0 saturated heterocycles. The number of guanidine groups is 1. The summed E-state index contributed by atoms with van der Waals surface area (Å²) < 4.78 is 25.9. The first kappa shape index (κ1) is 22.1. The van der Waals surface area contributed by atoms with E-state index in [0.717, 1.165) is 5.56 Å². The van der Waals surface area contributed by atoms with Gasteiger partial charge in [0.1, 0.15) is 0 Å². The molecular weight excluding hydrogens is 427 g/mol. The molecule has 0 radical (unpaired) electrons. The Balaban J connectivity index is 0.00000484. The van der Waals surface area contributed by atoms with Crippen LogP contribution in [0, 0.1) is 5.92 Å². The van der Waals surface area contributed by atoms with Crippen molar-refractivity contribution in [2.75, 3.05) is 14.1 Å². The van der Waals surface area contributed by atoms with E-state index in [4.69, 9.17) is 0 Å². The standard InChI is InChI=1S/C15H26N4O2S.HI/c1-11(2)12(3)19-15(16-4)18-10-13-7-6-8-14(9-13)22(20,21)17-5;/h6-9,11-12,17H,10H2,1-5H3,(H2,16,18,19);1H. The van der Waals surface area contributed by atoms with Gasteiger partial charge in [-0.25, -0.2) is 13.1 Å². The minimum absolute atomic E-state index is 0. The van der Waals surface area contributed by atoms with Crippen LogP contribution in [0.2, 0.25) is 0 Å². The van der Waals surface area contributed by atoms with Crippen molar-refractivity contribution >= 4 is 40.0 Å². The molecule has 0 aliphatic carbocycles. The van der Waals surface area contributed by atoms with Crippen LogP contribution in [0.3, 0.4) is 0 Å². The SMILES string of the molecule is CN=C(NCc1cccc(S(=O)(=O)NC)c1)NC(C)C(C)C.I. The van der Waals surface area contributed by atoms with Crippen LogP contribution in [0.5, 0.6) is 0 Å². The fourth-order valence-electron chi connectivity index (χ4n) is 1.70. The third kappa shape index (κ3) is 7.05. The maximum atomic E-state index is 11.8. The molecule has 0 aliphatic rings. The molecule has 1 atom stereocenters. The maximum absolute atomic E-state index is 11.8. The van der Waals surface area contributed by atoms with Crippen LogP contribution in [-0.2, 0) is 16.6 Å². The van der Waals surface area contributed by atoms with Gasteiger partial charge in [-0.2, -0.15) is 0 Å². The van der Waals surface area contributed by atoms with E-state index in [1.54, 1.807) is 25.2 Å². The smallest absolute Gasteiger partial charge is 0.240 e. The van der Waals surface area contributed by atoms with Gasteiger partial charge in [0.05, 0.1) is 4.90 Å². The predicted octanol–water partition coefficient (Wildman–Crippen LogP) is 1.92. The molecule has 8 heteroatoms. The van der Waals surface area contributed by atoms with Crippen molar-refractivity contribution in [1.82, 2.24) is 15.4 Å². The van der Waals surface area contributed by atoms with E-state index < -0.39 is 10.0 Å². The molecule has 0 fully saturated rings. The van der Waals surface area contributed by atoms with Crippen LogP contribution in [0.15, 0.2) is 34.2 Å². The largest absolute Gasteiger partial charge is 0.354 e. The molecule has 0 heterocycles. The van der Waals surface area contributed by atoms with Crippen molar-refractivity contribution < 1.29 is 8.42 Å². The first-order valence-electron chi connectivity index (χ1n) is 7.29. The topological polar surface area (TPSA) is 82.6 Å². The highest BCUT2D eigenvalue weighted by atomic mass is 127. The van der Waals surface area contributed by atoms with E-state index in [1.807, 2.05) is 6.07 Å². The summed E-state index contributed by atoms with van der Waals surface area (Å²) in [7, 11) is -0.304. The van der Waals surface area contributed by atoms with Crippen molar-refractivity contribution in [3.63, 3.8) is 0 Å². The number of hydrogen-bond donors (Lipinski definition) is 3. The third-order valence-electron chi connectivity index (χ3n) is 3.53. The lowest BCUT2D eigenvalue weighted by atomic mass is 10.1. The zero-order chi connectivity index (χ0) is 16.8. The van der Waals surface area contributed by atoms with E-state index in [0.29, 0.717) is 24.5 Å². The zero-order valence-electron chi connectivity index (χ0n) is 14.3. The van der Waals surface area contributed by atoms with E-state index >= 15 is 0 Å². The maximum Gasteiger partial charge on any atom is 0.240 e. The summed E-state index contributed by atoms with van der Waals surface area (Å²) in [5.41, 5.74) is 0.872. The summed E-state index contributed by atoms with van der Waals surface area (Å²) >= 11 is 0. The molecule has 23 heavy (non-hydrogen) atoms. The van der Waals surface area contributed by atoms with Crippen LogP contribution < -0.4 is 15.4 Å². The van der Waals surface area contributed by atoms with Gasteiger partial charge in [0, 0.05) is 19.6 Å². The van der Waals surface area contributed by atoms with Gasteiger partial charge in [-0.1, -0.05) is 26.0 Å². The van der Waals surface area contributed by atoms with Crippen LogP contribution >= 0.6 is 24.0 Å². The highest BCUT2D eigenvalue weighted by Gasteiger charge is 2.12.